The van der Waals surface area contributed by atoms with E-state index in [-0.39, 0.29) is 11.9 Å². The summed E-state index contributed by atoms with van der Waals surface area (Å²) in [6.45, 7) is 4.04. The van der Waals surface area contributed by atoms with Gasteiger partial charge in [-0.05, 0) is 54.5 Å². The first-order valence-electron chi connectivity index (χ1n) is 11.2. The molecule has 2 aromatic carbocycles. The number of benzene rings is 2. The Morgan fingerprint density at radius 3 is 2.20 bits per heavy atom. The first kappa shape index (κ1) is 23.4. The summed E-state index contributed by atoms with van der Waals surface area (Å²) in [7, 11) is 0. The first-order valence-corrected chi connectivity index (χ1v) is 11.2. The minimum absolute atomic E-state index is 0. The molecular weight excluding hydrogens is 633 g/mol. The summed E-state index contributed by atoms with van der Waals surface area (Å²) in [5.41, 5.74) is 2.69. The van der Waals surface area contributed by atoms with E-state index in [0.29, 0.717) is 11.5 Å². The number of ether oxygens (including phenoxy) is 1. The molecule has 0 bridgehead atoms. The van der Waals surface area contributed by atoms with Crippen LogP contribution in [0.25, 0.3) is 11.1 Å². The van der Waals surface area contributed by atoms with Gasteiger partial charge in [-0.2, -0.15) is 12.8 Å². The van der Waals surface area contributed by atoms with Gasteiger partial charge in [0.15, 0.2) is 17.4 Å². The van der Waals surface area contributed by atoms with Crippen LogP contribution in [0.1, 0.15) is 83.1 Å². The SMILES string of the molecule is CCCCCCC(C)Oc1c(F)cc(-c2ccc(C3CC[CH-]CC3)cc2)cc1F.[Rf]. The van der Waals surface area contributed by atoms with Crippen molar-refractivity contribution < 1.29 is 13.5 Å². The topological polar surface area (TPSA) is 9.23 Å². The Bertz CT molecular complexity index is 746. The maximum Gasteiger partial charge on any atom is 0.191 e. The van der Waals surface area contributed by atoms with Crippen LogP contribution in [0.4, 0.5) is 8.78 Å². The molecule has 1 nitrogen and oxygen atoms in total. The van der Waals surface area contributed by atoms with Gasteiger partial charge in [-0.25, -0.2) is 8.78 Å². The molecule has 0 amide bonds. The fourth-order valence-electron chi connectivity index (χ4n) is 4.17. The van der Waals surface area contributed by atoms with E-state index in [9.17, 15) is 8.78 Å². The molecule has 0 heterocycles. The van der Waals surface area contributed by atoms with E-state index in [1.54, 1.807) is 0 Å². The summed E-state index contributed by atoms with van der Waals surface area (Å²) in [6, 6.07) is 10.9. The largest absolute Gasteiger partial charge is 0.485 e. The van der Waals surface area contributed by atoms with Crippen molar-refractivity contribution in [3.63, 3.8) is 0 Å². The normalized spacial score (nSPS) is 15.5. The van der Waals surface area contributed by atoms with Crippen molar-refractivity contribution in [1.82, 2.24) is 0 Å². The van der Waals surface area contributed by atoms with Crippen molar-refractivity contribution in [3.8, 4) is 16.9 Å². The van der Waals surface area contributed by atoms with Gasteiger partial charge in [0, 0.05) is 0 Å². The summed E-state index contributed by atoms with van der Waals surface area (Å²) >= 11 is 0. The van der Waals surface area contributed by atoms with Gasteiger partial charge in [-0.1, -0.05) is 63.3 Å². The van der Waals surface area contributed by atoms with Crippen LogP contribution in [0, 0.1) is 18.1 Å². The average molecular weight is 667 g/mol. The average Bonchev–Trinajstić information content (AvgIpc) is 2.74. The summed E-state index contributed by atoms with van der Waals surface area (Å²) in [6.07, 6.45) is 12.2. The van der Waals surface area contributed by atoms with Gasteiger partial charge in [0.1, 0.15) is 0 Å². The zero-order valence-corrected chi connectivity index (χ0v) is 24.8. The van der Waals surface area contributed by atoms with Gasteiger partial charge in [0.05, 0.1) is 6.10 Å². The molecule has 2 aromatic rings. The van der Waals surface area contributed by atoms with Crippen molar-refractivity contribution in [2.45, 2.75) is 83.7 Å². The molecule has 0 N–H and O–H groups in total. The standard InChI is InChI=1S/C26H33F2O.Rf/c1-3-4-5-7-10-19(2)29-26-24(27)17-23(18-25(26)28)22-15-13-21(14-16-22)20-11-8-6-9-12-20;/h6,13-20H,3-5,7-12H2,1-2H3;/q-1;. The monoisotopic (exact) mass is 666 g/mol. The Morgan fingerprint density at radius 1 is 0.967 bits per heavy atom. The molecule has 0 radical (unpaired) electrons. The Balaban J connectivity index is 0.00000320. The molecule has 3 rings (SSSR count). The Kier molecular flexibility index (Phi) is 8.83. The van der Waals surface area contributed by atoms with Crippen molar-refractivity contribution in [2.75, 3.05) is 0 Å². The summed E-state index contributed by atoms with van der Waals surface area (Å²) in [5.74, 6) is -0.927. The third-order valence-corrected chi connectivity index (χ3v) is 5.94. The van der Waals surface area contributed by atoms with Crippen LogP contribution >= 0.6 is 0 Å². The van der Waals surface area contributed by atoms with E-state index in [1.807, 2.05) is 19.1 Å². The van der Waals surface area contributed by atoms with Crippen molar-refractivity contribution in [2.24, 2.45) is 0 Å². The minimum Gasteiger partial charge on any atom is -0.485 e. The summed E-state index contributed by atoms with van der Waals surface area (Å²) in [4.78, 5) is 0. The molecule has 0 aromatic heterocycles. The van der Waals surface area contributed by atoms with Crippen LogP contribution in [0.15, 0.2) is 36.4 Å². The predicted molar refractivity (Wildman–Crippen MR) is 116 cm³/mol. The van der Waals surface area contributed by atoms with E-state index < -0.39 is 11.6 Å². The maximum atomic E-state index is 14.6. The van der Waals surface area contributed by atoms with Crippen LogP contribution in [0.3, 0.4) is 0 Å². The van der Waals surface area contributed by atoms with E-state index in [0.717, 1.165) is 24.8 Å². The number of halogens is 2. The van der Waals surface area contributed by atoms with E-state index >= 15 is 0 Å². The zero-order chi connectivity index (χ0) is 20.6. The Labute approximate surface area is 174 Å². The van der Waals surface area contributed by atoms with Gasteiger partial charge >= 0.3 is 0 Å². The second-order valence-corrected chi connectivity index (χ2v) is 8.31. The molecule has 1 aliphatic rings. The second-order valence-electron chi connectivity index (χ2n) is 8.31. The molecule has 1 atom stereocenters. The smallest absolute Gasteiger partial charge is 0.191 e. The fourth-order valence-corrected chi connectivity index (χ4v) is 4.17. The maximum absolute atomic E-state index is 14.6. The third kappa shape index (κ3) is 6.05. The molecule has 30 heavy (non-hydrogen) atoms. The molecule has 4 heteroatoms. The molecule has 1 unspecified atom stereocenters. The Morgan fingerprint density at radius 2 is 1.60 bits per heavy atom. The van der Waals surface area contributed by atoms with Gasteiger partial charge in [-0.15, -0.1) is 0 Å². The van der Waals surface area contributed by atoms with Crippen LogP contribution in [-0.4, -0.2) is 6.10 Å². The molecule has 1 fully saturated rings. The molecule has 0 aliphatic heterocycles. The van der Waals surface area contributed by atoms with Gasteiger partial charge in [0.2, 0.25) is 0 Å². The third-order valence-electron chi connectivity index (χ3n) is 5.94. The predicted octanol–water partition coefficient (Wildman–Crippen LogP) is 8.23. The number of unbranched alkanes of at least 4 members (excludes halogenated alkanes) is 3. The van der Waals surface area contributed by atoms with Gasteiger partial charge in [0.25, 0.3) is 0 Å². The van der Waals surface area contributed by atoms with Gasteiger partial charge < -0.3 is 11.2 Å². The molecule has 0 spiro atoms. The van der Waals surface area contributed by atoms with E-state index in [4.69, 9.17) is 4.74 Å². The molecular formula is C26H33F2ORf-. The van der Waals surface area contributed by atoms with Crippen molar-refractivity contribution >= 4 is 0 Å². The van der Waals surface area contributed by atoms with Crippen LogP contribution in [0.5, 0.6) is 5.75 Å². The van der Waals surface area contributed by atoms with Crippen molar-refractivity contribution in [1.29, 1.82) is 0 Å². The quantitative estimate of drug-likeness (QED) is 0.194. The van der Waals surface area contributed by atoms with Crippen molar-refractivity contribution in [3.05, 3.63) is 60.0 Å². The van der Waals surface area contributed by atoms with Crippen LogP contribution < -0.4 is 4.74 Å². The van der Waals surface area contributed by atoms with Crippen LogP contribution in [-0.2, 0) is 0 Å². The van der Waals surface area contributed by atoms with Gasteiger partial charge in [-0.3, -0.25) is 0 Å². The van der Waals surface area contributed by atoms with Crippen LogP contribution in [0.2, 0.25) is 0 Å². The van der Waals surface area contributed by atoms with E-state index in [1.165, 1.54) is 56.2 Å². The Hall–Kier alpha value is -2.90. The number of hydrogen-bond acceptors (Lipinski definition) is 1. The molecule has 1 aliphatic carbocycles. The second kappa shape index (κ2) is 11.3. The zero-order valence-electron chi connectivity index (χ0n) is 18.4. The summed E-state index contributed by atoms with van der Waals surface area (Å²) in [5, 5.41) is 0. The molecule has 160 valence electrons. The fraction of sp³-hybridized carbons (Fsp3) is 0.500. The first-order chi connectivity index (χ1) is 14.1. The molecule has 0 saturated heterocycles. The number of hydrogen-bond donors (Lipinski definition) is 0. The number of rotatable bonds is 9. The minimum atomic E-state index is -0.632. The molecule has 1 saturated carbocycles. The summed E-state index contributed by atoms with van der Waals surface area (Å²) < 4.78 is 34.8. The van der Waals surface area contributed by atoms with E-state index in [2.05, 4.69) is 25.5 Å².